The van der Waals surface area contributed by atoms with Gasteiger partial charge in [0.1, 0.15) is 0 Å². The summed E-state index contributed by atoms with van der Waals surface area (Å²) < 4.78 is 11.8. The summed E-state index contributed by atoms with van der Waals surface area (Å²) in [5.74, 6) is -0.489. The zero-order valence-electron chi connectivity index (χ0n) is 13.4. The Morgan fingerprint density at radius 3 is 2.36 bits per heavy atom. The van der Waals surface area contributed by atoms with Gasteiger partial charge in [0, 0.05) is 5.56 Å². The highest BCUT2D eigenvalue weighted by Gasteiger charge is 2.52. The van der Waals surface area contributed by atoms with Crippen molar-refractivity contribution in [2.75, 3.05) is 6.61 Å². The lowest BCUT2D eigenvalue weighted by Gasteiger charge is -2.32. The molecule has 6 heteroatoms. The third kappa shape index (κ3) is 3.24. The van der Waals surface area contributed by atoms with E-state index in [9.17, 15) is 9.90 Å². The number of aliphatic hydroxyl groups excluding tert-OH is 1. The van der Waals surface area contributed by atoms with Crippen molar-refractivity contribution in [1.29, 1.82) is 0 Å². The van der Waals surface area contributed by atoms with Crippen LogP contribution in [0.3, 0.4) is 0 Å². The van der Waals surface area contributed by atoms with Crippen LogP contribution in [0.5, 0.6) is 0 Å². The first-order chi connectivity index (χ1) is 10.2. The summed E-state index contributed by atoms with van der Waals surface area (Å²) in [5, 5.41) is 9.65. The standard InChI is InChI=1S/C16H22BNO4/c1-15(2)16(3,4)22-17(21-15)13(10-19)9-11-6-5-7-12(8-11)14(18)20/h5-9,19H,10H2,1-4H3,(H2,18,20). The molecule has 0 atom stereocenters. The molecule has 0 bridgehead atoms. The second-order valence-corrected chi connectivity index (χ2v) is 6.46. The second-order valence-electron chi connectivity index (χ2n) is 6.46. The molecule has 1 heterocycles. The molecule has 0 aromatic heterocycles. The molecule has 0 unspecified atom stereocenters. The van der Waals surface area contributed by atoms with E-state index < -0.39 is 24.2 Å². The van der Waals surface area contributed by atoms with Crippen LogP contribution in [0.4, 0.5) is 0 Å². The van der Waals surface area contributed by atoms with E-state index in [-0.39, 0.29) is 6.61 Å². The monoisotopic (exact) mass is 303 g/mol. The molecule has 1 aromatic rings. The maximum atomic E-state index is 11.2. The van der Waals surface area contributed by atoms with Crippen molar-refractivity contribution in [2.45, 2.75) is 38.9 Å². The van der Waals surface area contributed by atoms with Gasteiger partial charge in [0.15, 0.2) is 0 Å². The van der Waals surface area contributed by atoms with E-state index >= 15 is 0 Å². The molecule has 0 saturated carbocycles. The highest BCUT2D eigenvalue weighted by atomic mass is 16.7. The number of carbonyl (C=O) groups excluding carboxylic acids is 1. The quantitative estimate of drug-likeness (QED) is 0.831. The van der Waals surface area contributed by atoms with E-state index in [2.05, 4.69) is 0 Å². The SMILES string of the molecule is CC1(C)OB(C(=Cc2cccc(C(N)=O)c2)CO)OC1(C)C. The zero-order chi connectivity index (χ0) is 16.5. The number of nitrogens with two attached hydrogens (primary N) is 1. The van der Waals surface area contributed by atoms with Crippen molar-refractivity contribution >= 4 is 19.1 Å². The Labute approximate surface area is 131 Å². The molecule has 3 N–H and O–H groups in total. The Morgan fingerprint density at radius 2 is 1.86 bits per heavy atom. The topological polar surface area (TPSA) is 81.8 Å². The van der Waals surface area contributed by atoms with Gasteiger partial charge in [-0.05, 0) is 50.9 Å². The van der Waals surface area contributed by atoms with Gasteiger partial charge < -0.3 is 20.1 Å². The summed E-state index contributed by atoms with van der Waals surface area (Å²) in [7, 11) is -0.618. The van der Waals surface area contributed by atoms with Gasteiger partial charge in [-0.2, -0.15) is 0 Å². The van der Waals surface area contributed by atoms with Crippen molar-refractivity contribution in [3.8, 4) is 0 Å². The Kier molecular flexibility index (Phi) is 4.47. The zero-order valence-corrected chi connectivity index (χ0v) is 13.4. The predicted octanol–water partition coefficient (Wildman–Crippen LogP) is 1.79. The van der Waals surface area contributed by atoms with Crippen LogP contribution in [0.25, 0.3) is 6.08 Å². The lowest BCUT2D eigenvalue weighted by molar-refractivity contribution is 0.00578. The lowest BCUT2D eigenvalue weighted by Crippen LogP contribution is -2.41. The molecule has 2 rings (SSSR count). The molecule has 1 saturated heterocycles. The second kappa shape index (κ2) is 5.87. The van der Waals surface area contributed by atoms with Crippen LogP contribution in [0.15, 0.2) is 29.7 Å². The molecular formula is C16H22BNO4. The van der Waals surface area contributed by atoms with Crippen LogP contribution in [0.1, 0.15) is 43.6 Å². The van der Waals surface area contributed by atoms with Gasteiger partial charge in [-0.25, -0.2) is 0 Å². The number of amides is 1. The molecule has 1 aliphatic rings. The van der Waals surface area contributed by atoms with Crippen LogP contribution in [-0.2, 0) is 9.31 Å². The molecule has 0 radical (unpaired) electrons. The van der Waals surface area contributed by atoms with Gasteiger partial charge in [-0.3, -0.25) is 4.79 Å². The number of hydrogen-bond donors (Lipinski definition) is 2. The Hall–Kier alpha value is -1.63. The van der Waals surface area contributed by atoms with Crippen LogP contribution >= 0.6 is 0 Å². The number of benzene rings is 1. The van der Waals surface area contributed by atoms with Crippen molar-refractivity contribution < 1.29 is 19.2 Å². The Balaban J connectivity index is 2.29. The van der Waals surface area contributed by atoms with E-state index in [1.165, 1.54) is 0 Å². The van der Waals surface area contributed by atoms with Gasteiger partial charge >= 0.3 is 7.12 Å². The third-order valence-corrected chi connectivity index (χ3v) is 4.26. The van der Waals surface area contributed by atoms with E-state index in [1.807, 2.05) is 33.8 Å². The van der Waals surface area contributed by atoms with Crippen LogP contribution in [0, 0.1) is 0 Å². The van der Waals surface area contributed by atoms with Gasteiger partial charge in [0.25, 0.3) is 0 Å². The van der Waals surface area contributed by atoms with Gasteiger partial charge in [-0.1, -0.05) is 18.2 Å². The maximum Gasteiger partial charge on any atom is 0.492 e. The Morgan fingerprint density at radius 1 is 1.27 bits per heavy atom. The maximum absolute atomic E-state index is 11.2. The molecule has 1 fully saturated rings. The molecule has 1 amide bonds. The minimum Gasteiger partial charge on any atom is -0.400 e. The first-order valence-corrected chi connectivity index (χ1v) is 7.23. The van der Waals surface area contributed by atoms with Crippen LogP contribution < -0.4 is 5.73 Å². The van der Waals surface area contributed by atoms with Gasteiger partial charge in [0.05, 0.1) is 17.8 Å². The molecule has 1 aromatic carbocycles. The van der Waals surface area contributed by atoms with Crippen molar-refractivity contribution in [2.24, 2.45) is 5.73 Å². The highest BCUT2D eigenvalue weighted by molar-refractivity contribution is 6.55. The minimum atomic E-state index is -0.618. The van der Waals surface area contributed by atoms with Crippen LogP contribution in [0.2, 0.25) is 0 Å². The number of hydrogen-bond acceptors (Lipinski definition) is 4. The molecule has 118 valence electrons. The predicted molar refractivity (Wildman–Crippen MR) is 86.1 cm³/mol. The van der Waals surface area contributed by atoms with Gasteiger partial charge in [-0.15, -0.1) is 0 Å². The first kappa shape index (κ1) is 16.7. The first-order valence-electron chi connectivity index (χ1n) is 7.23. The number of primary amides is 1. The molecule has 1 aliphatic heterocycles. The summed E-state index contributed by atoms with van der Waals surface area (Å²) in [4.78, 5) is 11.2. The number of rotatable bonds is 4. The average Bonchev–Trinajstić information content (AvgIpc) is 2.65. The molecule has 5 nitrogen and oxygen atoms in total. The minimum absolute atomic E-state index is 0.197. The third-order valence-electron chi connectivity index (χ3n) is 4.26. The van der Waals surface area contributed by atoms with Crippen molar-refractivity contribution in [3.05, 3.63) is 40.9 Å². The largest absolute Gasteiger partial charge is 0.492 e. The van der Waals surface area contributed by atoms with E-state index in [0.29, 0.717) is 11.0 Å². The van der Waals surface area contributed by atoms with Crippen LogP contribution in [-0.4, -0.2) is 35.9 Å². The number of carbonyl (C=O) groups is 1. The lowest BCUT2D eigenvalue weighted by atomic mass is 9.77. The van der Waals surface area contributed by atoms with E-state index in [1.54, 1.807) is 24.3 Å². The molecular weight excluding hydrogens is 281 g/mol. The summed E-state index contributed by atoms with van der Waals surface area (Å²) in [6.45, 7) is 7.62. The smallest absolute Gasteiger partial charge is 0.400 e. The number of aliphatic hydroxyl groups is 1. The molecule has 0 aliphatic carbocycles. The fourth-order valence-electron chi connectivity index (χ4n) is 2.18. The van der Waals surface area contributed by atoms with E-state index in [0.717, 1.165) is 5.56 Å². The summed E-state index contributed by atoms with van der Waals surface area (Å²) >= 11 is 0. The Bertz CT molecular complexity index is 594. The summed E-state index contributed by atoms with van der Waals surface area (Å²) in [6.07, 6.45) is 1.76. The fourth-order valence-corrected chi connectivity index (χ4v) is 2.18. The van der Waals surface area contributed by atoms with Crippen molar-refractivity contribution in [3.63, 3.8) is 0 Å². The summed E-state index contributed by atoms with van der Waals surface area (Å²) in [5.41, 5.74) is 6.11. The van der Waals surface area contributed by atoms with Crippen molar-refractivity contribution in [1.82, 2.24) is 0 Å². The summed E-state index contributed by atoms with van der Waals surface area (Å²) in [6, 6.07) is 6.88. The fraction of sp³-hybridized carbons (Fsp3) is 0.438. The van der Waals surface area contributed by atoms with Gasteiger partial charge in [0.2, 0.25) is 5.91 Å². The average molecular weight is 303 g/mol. The van der Waals surface area contributed by atoms with E-state index in [4.69, 9.17) is 15.0 Å². The normalized spacial score (nSPS) is 20.2. The molecule has 22 heavy (non-hydrogen) atoms. The highest BCUT2D eigenvalue weighted by Crippen LogP contribution is 2.38. The molecule has 0 spiro atoms.